The molecule has 0 spiro atoms. The number of nitrogens with one attached hydrogen (secondary N) is 2. The van der Waals surface area contributed by atoms with Crippen molar-refractivity contribution in [1.82, 2.24) is 15.5 Å². The second-order valence-corrected chi connectivity index (χ2v) is 6.05. The number of guanidine groups is 1. The maximum atomic E-state index is 6.16. The molecule has 1 aromatic carbocycles. The van der Waals surface area contributed by atoms with E-state index in [4.69, 9.17) is 11.6 Å². The molecule has 0 bridgehead atoms. The maximum absolute atomic E-state index is 6.16. The lowest BCUT2D eigenvalue weighted by Gasteiger charge is -2.29. The van der Waals surface area contributed by atoms with Gasteiger partial charge in [0.1, 0.15) is 0 Å². The van der Waals surface area contributed by atoms with Gasteiger partial charge in [-0.1, -0.05) is 29.8 Å². The van der Waals surface area contributed by atoms with Crippen molar-refractivity contribution in [2.45, 2.75) is 19.4 Å². The summed E-state index contributed by atoms with van der Waals surface area (Å²) in [7, 11) is 3.99. The minimum Gasteiger partial charge on any atom is -0.356 e. The maximum Gasteiger partial charge on any atom is 0.191 e. The highest BCUT2D eigenvalue weighted by molar-refractivity contribution is 14.0. The monoisotopic (exact) mass is 436 g/mol. The van der Waals surface area contributed by atoms with Gasteiger partial charge in [0.25, 0.3) is 0 Å². The quantitative estimate of drug-likeness (QED) is 0.433. The van der Waals surface area contributed by atoms with Gasteiger partial charge in [0.05, 0.1) is 0 Å². The van der Waals surface area contributed by atoms with Crippen molar-refractivity contribution in [3.63, 3.8) is 0 Å². The Morgan fingerprint density at radius 2 is 1.95 bits per heavy atom. The van der Waals surface area contributed by atoms with Gasteiger partial charge in [-0.2, -0.15) is 0 Å². The highest BCUT2D eigenvalue weighted by atomic mass is 127. The topological polar surface area (TPSA) is 39.7 Å². The van der Waals surface area contributed by atoms with E-state index in [-0.39, 0.29) is 24.0 Å². The van der Waals surface area contributed by atoms with Gasteiger partial charge in [-0.15, -0.1) is 24.0 Å². The molecule has 124 valence electrons. The first kappa shape index (κ1) is 19.5. The van der Waals surface area contributed by atoms with Gasteiger partial charge in [0.15, 0.2) is 5.96 Å². The molecule has 2 N–H and O–H groups in total. The van der Waals surface area contributed by atoms with Crippen molar-refractivity contribution >= 4 is 41.5 Å². The summed E-state index contributed by atoms with van der Waals surface area (Å²) in [6.07, 6.45) is 2.51. The van der Waals surface area contributed by atoms with E-state index >= 15 is 0 Å². The molecule has 0 saturated carbocycles. The fourth-order valence-electron chi connectivity index (χ4n) is 2.55. The van der Waals surface area contributed by atoms with Crippen LogP contribution in [-0.4, -0.2) is 44.6 Å². The molecule has 22 heavy (non-hydrogen) atoms. The molecule has 1 heterocycles. The van der Waals surface area contributed by atoms with Crippen LogP contribution in [0.2, 0.25) is 5.02 Å². The first-order valence-corrected chi connectivity index (χ1v) is 7.93. The minimum atomic E-state index is 0. The molecule has 0 aliphatic carbocycles. The van der Waals surface area contributed by atoms with Crippen LogP contribution in [0.4, 0.5) is 0 Å². The number of hydrogen-bond donors (Lipinski definition) is 2. The van der Waals surface area contributed by atoms with Crippen LogP contribution in [0, 0.1) is 5.92 Å². The van der Waals surface area contributed by atoms with Crippen molar-refractivity contribution < 1.29 is 0 Å². The molecule has 6 heteroatoms. The number of likely N-dealkylation sites (tertiary alicyclic amines) is 1. The summed E-state index contributed by atoms with van der Waals surface area (Å²) in [4.78, 5) is 6.66. The smallest absolute Gasteiger partial charge is 0.191 e. The van der Waals surface area contributed by atoms with Crippen molar-refractivity contribution in [2.24, 2.45) is 10.9 Å². The lowest BCUT2D eigenvalue weighted by Crippen LogP contribution is -2.42. The number of nitrogens with zero attached hydrogens (tertiary/aromatic N) is 2. The van der Waals surface area contributed by atoms with Crippen LogP contribution in [0.1, 0.15) is 18.4 Å². The largest absolute Gasteiger partial charge is 0.356 e. The highest BCUT2D eigenvalue weighted by Gasteiger charge is 2.16. The van der Waals surface area contributed by atoms with Crippen LogP contribution in [0.15, 0.2) is 29.3 Å². The number of hydrogen-bond acceptors (Lipinski definition) is 2. The van der Waals surface area contributed by atoms with Crippen molar-refractivity contribution in [3.8, 4) is 0 Å². The van der Waals surface area contributed by atoms with E-state index in [0.29, 0.717) is 6.54 Å². The molecule has 4 nitrogen and oxygen atoms in total. The Labute approximate surface area is 155 Å². The summed E-state index contributed by atoms with van der Waals surface area (Å²) in [6.45, 7) is 4.05. The third-order valence-electron chi connectivity index (χ3n) is 4.02. The van der Waals surface area contributed by atoms with Gasteiger partial charge in [-0.05, 0) is 50.5 Å². The van der Waals surface area contributed by atoms with Crippen LogP contribution in [0.25, 0.3) is 0 Å². The number of benzene rings is 1. The number of rotatable bonds is 4. The van der Waals surface area contributed by atoms with E-state index in [9.17, 15) is 0 Å². The number of aliphatic imine (C=N–C) groups is 1. The standard InChI is InChI=1S/C16H25ClN4.HI/c1-18-16(19-11-13-7-9-21(2)10-8-13)20-12-14-5-3-4-6-15(14)17;/h3-6,13H,7-12H2,1-2H3,(H2,18,19,20);1H. The molecule has 0 aromatic heterocycles. The molecule has 1 saturated heterocycles. The predicted molar refractivity (Wildman–Crippen MR) is 105 cm³/mol. The highest BCUT2D eigenvalue weighted by Crippen LogP contribution is 2.15. The fraction of sp³-hybridized carbons (Fsp3) is 0.562. The summed E-state index contributed by atoms with van der Waals surface area (Å²) in [6, 6.07) is 7.88. The van der Waals surface area contributed by atoms with Crippen LogP contribution in [0.5, 0.6) is 0 Å². The first-order valence-electron chi connectivity index (χ1n) is 7.55. The summed E-state index contributed by atoms with van der Waals surface area (Å²) >= 11 is 6.16. The van der Waals surface area contributed by atoms with Crippen LogP contribution in [0.3, 0.4) is 0 Å². The molecule has 1 fully saturated rings. The molecule has 1 aromatic rings. The summed E-state index contributed by atoms with van der Waals surface area (Å²) < 4.78 is 0. The van der Waals surface area contributed by atoms with E-state index in [1.165, 1.54) is 25.9 Å². The van der Waals surface area contributed by atoms with Gasteiger partial charge in [0.2, 0.25) is 0 Å². The fourth-order valence-corrected chi connectivity index (χ4v) is 2.75. The lowest BCUT2D eigenvalue weighted by atomic mass is 9.97. The average molecular weight is 437 g/mol. The third kappa shape index (κ3) is 6.30. The molecule has 0 atom stereocenters. The number of piperidine rings is 1. The van der Waals surface area contributed by atoms with Gasteiger partial charge in [0, 0.05) is 25.2 Å². The summed E-state index contributed by atoms with van der Waals surface area (Å²) in [5.74, 6) is 1.58. The van der Waals surface area contributed by atoms with Crippen LogP contribution < -0.4 is 10.6 Å². The van der Waals surface area contributed by atoms with E-state index in [0.717, 1.165) is 29.0 Å². The van der Waals surface area contributed by atoms with Crippen molar-refractivity contribution in [1.29, 1.82) is 0 Å². The molecule has 0 radical (unpaired) electrons. The van der Waals surface area contributed by atoms with Crippen LogP contribution >= 0.6 is 35.6 Å². The average Bonchev–Trinajstić information content (AvgIpc) is 2.51. The molecule has 1 aliphatic heterocycles. The summed E-state index contributed by atoms with van der Waals surface area (Å²) in [5, 5.41) is 7.53. The zero-order valence-electron chi connectivity index (χ0n) is 13.3. The van der Waals surface area contributed by atoms with E-state index < -0.39 is 0 Å². The van der Waals surface area contributed by atoms with Gasteiger partial charge in [-0.3, -0.25) is 4.99 Å². The normalized spacial score (nSPS) is 17.0. The Morgan fingerprint density at radius 3 is 2.59 bits per heavy atom. The van der Waals surface area contributed by atoms with E-state index in [2.05, 4.69) is 27.6 Å². The minimum absolute atomic E-state index is 0. The van der Waals surface area contributed by atoms with Crippen LogP contribution in [-0.2, 0) is 6.54 Å². The van der Waals surface area contributed by atoms with Gasteiger partial charge >= 0.3 is 0 Å². The summed E-state index contributed by atoms with van der Waals surface area (Å²) in [5.41, 5.74) is 1.08. The molecular weight excluding hydrogens is 411 g/mol. The molecule has 1 aliphatic rings. The predicted octanol–water partition coefficient (Wildman–Crippen LogP) is 2.96. The van der Waals surface area contributed by atoms with Crippen molar-refractivity contribution in [3.05, 3.63) is 34.9 Å². The first-order chi connectivity index (χ1) is 10.2. The van der Waals surface area contributed by atoms with Gasteiger partial charge < -0.3 is 15.5 Å². The zero-order chi connectivity index (χ0) is 15.1. The second-order valence-electron chi connectivity index (χ2n) is 5.64. The second kappa shape index (κ2) is 10.3. The zero-order valence-corrected chi connectivity index (χ0v) is 16.4. The SMILES string of the molecule is CN=C(NCc1ccccc1Cl)NCC1CCN(C)CC1.I. The molecule has 0 amide bonds. The van der Waals surface area contributed by atoms with E-state index in [1.807, 2.05) is 24.3 Å². The third-order valence-corrected chi connectivity index (χ3v) is 4.39. The Balaban J connectivity index is 0.00000242. The Bertz CT molecular complexity index is 473. The molecular formula is C16H26ClIN4. The van der Waals surface area contributed by atoms with Crippen molar-refractivity contribution in [2.75, 3.05) is 33.7 Å². The number of halogens is 2. The Hall–Kier alpha value is -0.530. The molecule has 2 rings (SSSR count). The Morgan fingerprint density at radius 1 is 1.27 bits per heavy atom. The van der Waals surface area contributed by atoms with E-state index in [1.54, 1.807) is 7.05 Å². The Kier molecular flexibility index (Phi) is 9.12. The lowest BCUT2D eigenvalue weighted by molar-refractivity contribution is 0.220. The van der Waals surface area contributed by atoms with Gasteiger partial charge in [-0.25, -0.2) is 0 Å². The molecule has 0 unspecified atom stereocenters.